The average molecular weight is 320 g/mol. The summed E-state index contributed by atoms with van der Waals surface area (Å²) < 4.78 is 10.1. The number of carbonyl (C=O) groups excluding carboxylic acids is 1. The maximum Gasteiger partial charge on any atom is 0.377 e. The Balaban J connectivity index is 2.39. The third-order valence-corrected chi connectivity index (χ3v) is 3.55. The Labute approximate surface area is 130 Å². The highest BCUT2D eigenvalue weighted by Gasteiger charge is 2.19. The lowest BCUT2D eigenvalue weighted by Gasteiger charge is -2.08. The normalized spacial score (nSPS) is 10.1. The van der Waals surface area contributed by atoms with E-state index in [1.54, 1.807) is 18.2 Å². The maximum atomic E-state index is 11.7. The molecular formula is C14H12N2O5S. The second-order valence-electron chi connectivity index (χ2n) is 3.97. The molecule has 0 aliphatic rings. The number of ether oxygens (including phenoxy) is 2. The van der Waals surface area contributed by atoms with Crippen molar-refractivity contribution in [1.29, 1.82) is 0 Å². The molecule has 0 saturated heterocycles. The number of Topliss-reactive ketones (excluding diaryl/α,β-unsaturated/α-hetero) is 1. The minimum atomic E-state index is -1.52. The molecule has 0 bridgehead atoms. The summed E-state index contributed by atoms with van der Waals surface area (Å²) in [5, 5.41) is 9.14. The number of rotatable bonds is 6. The fraction of sp³-hybridized carbons (Fsp3) is 0.143. The van der Waals surface area contributed by atoms with Crippen LogP contribution in [0.3, 0.4) is 0 Å². The van der Waals surface area contributed by atoms with E-state index in [4.69, 9.17) is 14.6 Å². The number of ketones is 1. The van der Waals surface area contributed by atoms with E-state index < -0.39 is 11.8 Å². The summed E-state index contributed by atoms with van der Waals surface area (Å²) in [5.41, 5.74) is 0.0744. The maximum absolute atomic E-state index is 11.7. The molecule has 22 heavy (non-hydrogen) atoms. The summed E-state index contributed by atoms with van der Waals surface area (Å²) in [6.45, 7) is 0. The van der Waals surface area contributed by atoms with Crippen LogP contribution in [0.15, 0.2) is 40.4 Å². The molecule has 0 spiro atoms. The van der Waals surface area contributed by atoms with Gasteiger partial charge in [0.15, 0.2) is 5.16 Å². The quantitative estimate of drug-likeness (QED) is 0.489. The zero-order chi connectivity index (χ0) is 16.1. The third kappa shape index (κ3) is 3.53. The van der Waals surface area contributed by atoms with Gasteiger partial charge in [-0.1, -0.05) is 12.1 Å². The number of hydrogen-bond acceptors (Lipinski definition) is 7. The number of hydrogen-bond donors (Lipinski definition) is 1. The number of methoxy groups -OCH3 is 2. The molecule has 7 nitrogen and oxygen atoms in total. The Bertz CT molecular complexity index is 698. The van der Waals surface area contributed by atoms with E-state index in [0.717, 1.165) is 11.8 Å². The molecule has 0 radical (unpaired) electrons. The summed E-state index contributed by atoms with van der Waals surface area (Å²) in [7, 11) is 2.91. The van der Waals surface area contributed by atoms with Gasteiger partial charge in [0.05, 0.1) is 20.3 Å². The van der Waals surface area contributed by atoms with Crippen LogP contribution < -0.4 is 9.47 Å². The van der Waals surface area contributed by atoms with Crippen molar-refractivity contribution in [3.05, 3.63) is 35.9 Å². The van der Waals surface area contributed by atoms with Crippen molar-refractivity contribution in [1.82, 2.24) is 9.97 Å². The Morgan fingerprint density at radius 1 is 1.09 bits per heavy atom. The Kier molecular flexibility index (Phi) is 4.95. The van der Waals surface area contributed by atoms with E-state index in [9.17, 15) is 9.59 Å². The number of aliphatic carboxylic acids is 1. The molecule has 0 unspecified atom stereocenters. The lowest BCUT2D eigenvalue weighted by molar-refractivity contribution is -0.131. The molecule has 0 atom stereocenters. The van der Waals surface area contributed by atoms with Crippen LogP contribution in [0.25, 0.3) is 0 Å². The lowest BCUT2D eigenvalue weighted by Crippen LogP contribution is -2.13. The molecule has 1 aromatic heterocycles. The van der Waals surface area contributed by atoms with Crippen LogP contribution in [-0.2, 0) is 4.79 Å². The van der Waals surface area contributed by atoms with Gasteiger partial charge in [-0.15, -0.1) is 0 Å². The molecule has 0 saturated carbocycles. The summed E-state index contributed by atoms with van der Waals surface area (Å²) in [6, 6.07) is 7.86. The standard InChI is InChI=1S/C14H12N2O5S/c1-20-10-7-11(21-2)16-14(15-10)22-9-6-4-3-5-8(9)12(17)13(18)19/h3-7H,1-2H3,(H,18,19). The Morgan fingerprint density at radius 3 is 2.23 bits per heavy atom. The van der Waals surface area contributed by atoms with Crippen molar-refractivity contribution < 1.29 is 24.2 Å². The van der Waals surface area contributed by atoms with Gasteiger partial charge in [-0.2, -0.15) is 9.97 Å². The number of benzene rings is 1. The first-order valence-corrected chi connectivity index (χ1v) is 6.88. The van der Waals surface area contributed by atoms with Crippen LogP contribution in [0.1, 0.15) is 10.4 Å². The van der Waals surface area contributed by atoms with Gasteiger partial charge < -0.3 is 14.6 Å². The fourth-order valence-electron chi connectivity index (χ4n) is 1.60. The van der Waals surface area contributed by atoms with Crippen molar-refractivity contribution in [3.63, 3.8) is 0 Å². The van der Waals surface area contributed by atoms with E-state index in [2.05, 4.69) is 9.97 Å². The first kappa shape index (κ1) is 15.8. The molecule has 0 fully saturated rings. The minimum absolute atomic E-state index is 0.0744. The van der Waals surface area contributed by atoms with Crippen molar-refractivity contribution in [2.45, 2.75) is 10.1 Å². The van der Waals surface area contributed by atoms with Gasteiger partial charge >= 0.3 is 5.97 Å². The monoisotopic (exact) mass is 320 g/mol. The van der Waals surface area contributed by atoms with Crippen LogP contribution >= 0.6 is 11.8 Å². The fourth-order valence-corrected chi connectivity index (χ4v) is 2.48. The second-order valence-corrected chi connectivity index (χ2v) is 4.98. The first-order valence-electron chi connectivity index (χ1n) is 6.06. The molecule has 2 rings (SSSR count). The molecule has 114 valence electrons. The van der Waals surface area contributed by atoms with E-state index in [0.29, 0.717) is 16.7 Å². The number of carbonyl (C=O) groups is 2. The molecule has 1 heterocycles. The van der Waals surface area contributed by atoms with Gasteiger partial charge in [-0.25, -0.2) is 4.79 Å². The van der Waals surface area contributed by atoms with Crippen LogP contribution in [0, 0.1) is 0 Å². The van der Waals surface area contributed by atoms with Crippen molar-refractivity contribution >= 4 is 23.5 Å². The summed E-state index contributed by atoms with van der Waals surface area (Å²) in [4.78, 5) is 31.3. The van der Waals surface area contributed by atoms with Gasteiger partial charge in [-0.05, 0) is 23.9 Å². The van der Waals surface area contributed by atoms with Crippen LogP contribution in [0.5, 0.6) is 11.8 Å². The molecule has 8 heteroatoms. The topological polar surface area (TPSA) is 98.6 Å². The second kappa shape index (κ2) is 6.90. The zero-order valence-corrected chi connectivity index (χ0v) is 12.6. The van der Waals surface area contributed by atoms with E-state index in [1.807, 2.05) is 0 Å². The zero-order valence-electron chi connectivity index (χ0n) is 11.8. The van der Waals surface area contributed by atoms with Crippen LogP contribution in [-0.4, -0.2) is 41.0 Å². The highest BCUT2D eigenvalue weighted by molar-refractivity contribution is 7.99. The summed E-state index contributed by atoms with van der Waals surface area (Å²) >= 11 is 1.05. The number of nitrogens with zero attached hydrogens (tertiary/aromatic N) is 2. The van der Waals surface area contributed by atoms with Gasteiger partial charge in [0, 0.05) is 10.5 Å². The Hall–Kier alpha value is -2.61. The van der Waals surface area contributed by atoms with E-state index in [-0.39, 0.29) is 10.7 Å². The predicted molar refractivity (Wildman–Crippen MR) is 77.7 cm³/mol. The highest BCUT2D eigenvalue weighted by Crippen LogP contribution is 2.30. The molecular weight excluding hydrogens is 308 g/mol. The van der Waals surface area contributed by atoms with Gasteiger partial charge in [0.1, 0.15) is 0 Å². The van der Waals surface area contributed by atoms with Gasteiger partial charge in [-0.3, -0.25) is 4.79 Å². The molecule has 0 aliphatic carbocycles. The lowest BCUT2D eigenvalue weighted by atomic mass is 10.1. The smallest absolute Gasteiger partial charge is 0.377 e. The first-order chi connectivity index (χ1) is 10.5. The van der Waals surface area contributed by atoms with Crippen LogP contribution in [0.4, 0.5) is 0 Å². The predicted octanol–water partition coefficient (Wildman–Crippen LogP) is 1.91. The largest absolute Gasteiger partial charge is 0.481 e. The van der Waals surface area contributed by atoms with E-state index >= 15 is 0 Å². The SMILES string of the molecule is COc1cc(OC)nc(Sc2ccccc2C(=O)C(=O)O)n1. The van der Waals surface area contributed by atoms with Gasteiger partial charge in [0.25, 0.3) is 5.78 Å². The Morgan fingerprint density at radius 2 is 1.68 bits per heavy atom. The summed E-state index contributed by atoms with van der Waals surface area (Å²) in [6.07, 6.45) is 0. The van der Waals surface area contributed by atoms with Gasteiger partial charge in [0.2, 0.25) is 11.8 Å². The van der Waals surface area contributed by atoms with Crippen molar-refractivity contribution in [2.24, 2.45) is 0 Å². The average Bonchev–Trinajstić information content (AvgIpc) is 2.54. The highest BCUT2D eigenvalue weighted by atomic mass is 32.2. The molecule has 0 aliphatic heterocycles. The molecule has 2 aromatic rings. The van der Waals surface area contributed by atoms with Crippen molar-refractivity contribution in [3.8, 4) is 11.8 Å². The molecule has 1 aromatic carbocycles. The van der Waals surface area contributed by atoms with Crippen molar-refractivity contribution in [2.75, 3.05) is 14.2 Å². The number of carboxylic acids is 1. The molecule has 1 N–H and O–H groups in total. The van der Waals surface area contributed by atoms with Crippen LogP contribution in [0.2, 0.25) is 0 Å². The number of carboxylic acid groups (broad SMARTS) is 1. The molecule has 0 amide bonds. The third-order valence-electron chi connectivity index (χ3n) is 2.60. The minimum Gasteiger partial charge on any atom is -0.481 e. The number of aromatic nitrogens is 2. The van der Waals surface area contributed by atoms with E-state index in [1.165, 1.54) is 26.4 Å². The summed E-state index contributed by atoms with van der Waals surface area (Å²) in [5.74, 6) is -1.90.